The van der Waals surface area contributed by atoms with E-state index in [1.165, 1.54) is 0 Å². The summed E-state index contributed by atoms with van der Waals surface area (Å²) in [4.78, 5) is 15.9. The number of aromatic nitrogens is 5. The lowest BCUT2D eigenvalue weighted by Crippen LogP contribution is -2.49. The fourth-order valence-electron chi connectivity index (χ4n) is 2.72. The number of H-pyrrole nitrogens is 1. The number of nitrogens with zero attached hydrogens (tertiary/aromatic N) is 6. The highest BCUT2D eigenvalue weighted by atomic mass is 16.6. The van der Waals surface area contributed by atoms with Crippen molar-refractivity contribution in [3.63, 3.8) is 0 Å². The lowest BCUT2D eigenvalue weighted by Gasteiger charge is -2.33. The Morgan fingerprint density at radius 2 is 2.00 bits per heavy atom. The van der Waals surface area contributed by atoms with Gasteiger partial charge < -0.3 is 19.1 Å². The maximum absolute atomic E-state index is 12.2. The summed E-state index contributed by atoms with van der Waals surface area (Å²) in [7, 11) is 0. The highest BCUT2D eigenvalue weighted by Gasteiger charge is 2.24. The second-order valence-corrected chi connectivity index (χ2v) is 5.81. The molecule has 1 N–H and O–H groups in total. The number of carbonyl (C=O) groups is 1. The number of carbonyl (C=O) groups excluding carboxylic acids is 1. The van der Waals surface area contributed by atoms with Gasteiger partial charge in [0.1, 0.15) is 6.61 Å². The number of aromatic amines is 1. The minimum Gasteiger partial charge on any atom is -0.445 e. The lowest BCUT2D eigenvalue weighted by molar-refractivity contribution is 0.0941. The van der Waals surface area contributed by atoms with Gasteiger partial charge in [0.2, 0.25) is 11.6 Å². The van der Waals surface area contributed by atoms with E-state index >= 15 is 0 Å². The van der Waals surface area contributed by atoms with E-state index in [0.29, 0.717) is 43.6 Å². The molecule has 134 valence electrons. The summed E-state index contributed by atoms with van der Waals surface area (Å²) in [6.45, 7) is 2.67. The number of tetrazole rings is 1. The molecule has 4 rings (SSSR count). The van der Waals surface area contributed by atoms with Gasteiger partial charge in [-0.1, -0.05) is 35.5 Å². The van der Waals surface area contributed by atoms with Gasteiger partial charge in [-0.2, -0.15) is 0 Å². The van der Waals surface area contributed by atoms with Crippen molar-refractivity contribution in [2.75, 3.05) is 31.1 Å². The highest BCUT2D eigenvalue weighted by Crippen LogP contribution is 2.22. The third-order valence-electron chi connectivity index (χ3n) is 4.14. The van der Waals surface area contributed by atoms with Crippen LogP contribution in [0.15, 0.2) is 40.9 Å². The number of hydrogen-bond donors (Lipinski definition) is 1. The van der Waals surface area contributed by atoms with Crippen LogP contribution >= 0.6 is 0 Å². The van der Waals surface area contributed by atoms with Crippen LogP contribution in [-0.2, 0) is 11.3 Å². The van der Waals surface area contributed by atoms with Crippen molar-refractivity contribution in [1.82, 2.24) is 30.7 Å². The molecule has 0 saturated carbocycles. The molecule has 1 fully saturated rings. The Hall–Kier alpha value is -3.43. The van der Waals surface area contributed by atoms with Gasteiger partial charge in [-0.05, 0) is 16.0 Å². The zero-order chi connectivity index (χ0) is 17.8. The van der Waals surface area contributed by atoms with Crippen molar-refractivity contribution >= 4 is 11.9 Å². The minimum atomic E-state index is -0.304. The normalized spacial score (nSPS) is 14.5. The number of rotatable bonds is 4. The number of piperazine rings is 1. The molecule has 0 spiro atoms. The van der Waals surface area contributed by atoms with Crippen molar-refractivity contribution in [3.05, 3.63) is 42.0 Å². The number of nitrogens with one attached hydrogen (secondary N) is 1. The molecule has 10 nitrogen and oxygen atoms in total. The second-order valence-electron chi connectivity index (χ2n) is 5.81. The standard InChI is InChI=1S/C16H17N7O3/c24-16(25-11-12-4-2-1-3-5-12)23-8-6-22(7-9-23)14-10-13(26-19-14)15-17-20-21-18-15/h1-5,10H,6-9,11H2,(H,17,18,20,21). The monoisotopic (exact) mass is 355 g/mol. The fourth-order valence-corrected chi connectivity index (χ4v) is 2.72. The van der Waals surface area contributed by atoms with E-state index in [1.807, 2.05) is 35.2 Å². The SMILES string of the molecule is O=C(OCc1ccccc1)N1CCN(c2cc(-c3nnn[nH]3)on2)CC1. The van der Waals surface area contributed by atoms with Crippen LogP contribution in [0.4, 0.5) is 10.6 Å². The van der Waals surface area contributed by atoms with Crippen molar-refractivity contribution in [1.29, 1.82) is 0 Å². The Morgan fingerprint density at radius 1 is 1.19 bits per heavy atom. The zero-order valence-corrected chi connectivity index (χ0v) is 13.9. The number of anilines is 1. The Morgan fingerprint density at radius 3 is 2.73 bits per heavy atom. The summed E-state index contributed by atoms with van der Waals surface area (Å²) >= 11 is 0. The fraction of sp³-hybridized carbons (Fsp3) is 0.312. The molecule has 0 bridgehead atoms. The van der Waals surface area contributed by atoms with Crippen molar-refractivity contribution in [2.45, 2.75) is 6.61 Å². The summed E-state index contributed by atoms with van der Waals surface area (Å²) in [5.74, 6) is 1.58. The summed E-state index contributed by atoms with van der Waals surface area (Å²) in [6, 6.07) is 11.4. The molecule has 26 heavy (non-hydrogen) atoms. The molecular weight excluding hydrogens is 338 g/mol. The minimum absolute atomic E-state index is 0.276. The number of hydrogen-bond acceptors (Lipinski definition) is 8. The average Bonchev–Trinajstić information content (AvgIpc) is 3.38. The molecule has 1 saturated heterocycles. The van der Waals surface area contributed by atoms with Crippen LogP contribution in [-0.4, -0.2) is 63.0 Å². The molecule has 3 heterocycles. The molecule has 1 amide bonds. The third kappa shape index (κ3) is 3.48. The number of ether oxygens (including phenoxy) is 1. The largest absolute Gasteiger partial charge is 0.445 e. The van der Waals surface area contributed by atoms with Crippen LogP contribution in [0.1, 0.15) is 5.56 Å². The molecule has 2 aromatic heterocycles. The van der Waals surface area contributed by atoms with Crippen molar-refractivity contribution < 1.29 is 14.1 Å². The van der Waals surface area contributed by atoms with Gasteiger partial charge >= 0.3 is 6.09 Å². The molecular formula is C16H17N7O3. The lowest BCUT2D eigenvalue weighted by atomic mass is 10.2. The van der Waals surface area contributed by atoms with Crippen LogP contribution in [0, 0.1) is 0 Å². The Kier molecular flexibility index (Phi) is 4.46. The summed E-state index contributed by atoms with van der Waals surface area (Å²) in [5.41, 5.74) is 0.969. The summed E-state index contributed by atoms with van der Waals surface area (Å²) < 4.78 is 10.6. The highest BCUT2D eigenvalue weighted by molar-refractivity contribution is 5.68. The third-order valence-corrected chi connectivity index (χ3v) is 4.14. The number of benzene rings is 1. The van der Waals surface area contributed by atoms with E-state index in [9.17, 15) is 4.79 Å². The van der Waals surface area contributed by atoms with Gasteiger partial charge in [0.15, 0.2) is 5.82 Å². The molecule has 1 aliphatic rings. The van der Waals surface area contributed by atoms with E-state index in [4.69, 9.17) is 9.26 Å². The first-order valence-electron chi connectivity index (χ1n) is 8.21. The molecule has 1 aliphatic heterocycles. The van der Waals surface area contributed by atoms with Gasteiger partial charge in [-0.15, -0.1) is 5.10 Å². The summed E-state index contributed by atoms with van der Waals surface area (Å²) in [5, 5.41) is 17.5. The predicted octanol–water partition coefficient (Wildman–Crippen LogP) is 1.31. The first-order chi connectivity index (χ1) is 12.8. The Bertz CT molecular complexity index is 842. The topological polar surface area (TPSA) is 113 Å². The van der Waals surface area contributed by atoms with Crippen LogP contribution in [0.25, 0.3) is 11.6 Å². The molecule has 0 atom stereocenters. The van der Waals surface area contributed by atoms with E-state index in [2.05, 4.69) is 25.8 Å². The van der Waals surface area contributed by atoms with Crippen molar-refractivity contribution in [2.24, 2.45) is 0 Å². The number of amides is 1. The second kappa shape index (κ2) is 7.21. The first kappa shape index (κ1) is 16.1. The predicted molar refractivity (Wildman–Crippen MR) is 90.1 cm³/mol. The smallest absolute Gasteiger partial charge is 0.410 e. The van der Waals surface area contributed by atoms with Gasteiger partial charge in [-0.25, -0.2) is 9.89 Å². The van der Waals surface area contributed by atoms with E-state index in [1.54, 1.807) is 11.0 Å². The molecule has 0 aliphatic carbocycles. The van der Waals surface area contributed by atoms with Crippen molar-refractivity contribution in [3.8, 4) is 11.6 Å². The van der Waals surface area contributed by atoms with E-state index in [-0.39, 0.29) is 12.7 Å². The maximum atomic E-state index is 12.2. The van der Waals surface area contributed by atoms with Gasteiger partial charge in [0.25, 0.3) is 0 Å². The zero-order valence-electron chi connectivity index (χ0n) is 13.9. The quantitative estimate of drug-likeness (QED) is 0.745. The molecule has 0 unspecified atom stereocenters. The maximum Gasteiger partial charge on any atom is 0.410 e. The average molecular weight is 355 g/mol. The van der Waals surface area contributed by atoms with Crippen LogP contribution in [0.2, 0.25) is 0 Å². The van der Waals surface area contributed by atoms with Gasteiger partial charge in [-0.3, -0.25) is 0 Å². The van der Waals surface area contributed by atoms with E-state index in [0.717, 1.165) is 5.56 Å². The van der Waals surface area contributed by atoms with Gasteiger partial charge in [0, 0.05) is 32.2 Å². The Labute approximate surface area is 148 Å². The Balaban J connectivity index is 1.29. The molecule has 10 heteroatoms. The summed E-state index contributed by atoms with van der Waals surface area (Å²) in [6.07, 6.45) is -0.304. The van der Waals surface area contributed by atoms with Crippen LogP contribution in [0.3, 0.4) is 0 Å². The van der Waals surface area contributed by atoms with E-state index < -0.39 is 0 Å². The first-order valence-corrected chi connectivity index (χ1v) is 8.21. The van der Waals surface area contributed by atoms with Crippen LogP contribution in [0.5, 0.6) is 0 Å². The van der Waals surface area contributed by atoms with Gasteiger partial charge in [0.05, 0.1) is 0 Å². The molecule has 3 aromatic rings. The molecule has 0 radical (unpaired) electrons. The molecule has 1 aromatic carbocycles. The van der Waals surface area contributed by atoms with Crippen LogP contribution < -0.4 is 4.90 Å².